The summed E-state index contributed by atoms with van der Waals surface area (Å²) in [6, 6.07) is 6.41. The second-order valence-corrected chi connectivity index (χ2v) is 16.6. The van der Waals surface area contributed by atoms with Gasteiger partial charge in [0.1, 0.15) is 5.75 Å². The molecule has 14 heteroatoms. The van der Waals surface area contributed by atoms with Gasteiger partial charge in [0.15, 0.2) is 0 Å². The van der Waals surface area contributed by atoms with E-state index in [0.717, 1.165) is 43.6 Å². The summed E-state index contributed by atoms with van der Waals surface area (Å²) >= 11 is 0. The van der Waals surface area contributed by atoms with E-state index in [1.807, 2.05) is 21.6 Å². The molecule has 0 N–H and O–H groups in total. The molecule has 2 saturated carbocycles. The van der Waals surface area contributed by atoms with Gasteiger partial charge in [-0.1, -0.05) is 73.6 Å². The summed E-state index contributed by atoms with van der Waals surface area (Å²) in [5, 5.41) is 0. The largest absolute Gasteiger partial charge is 0.493 e. The molecule has 1 aromatic carbocycles. The van der Waals surface area contributed by atoms with E-state index in [2.05, 4.69) is 36.8 Å². The molecule has 2 fully saturated rings. The Kier molecular flexibility index (Phi) is 14.3. The lowest BCUT2D eigenvalue weighted by molar-refractivity contribution is -0.457. The predicted molar refractivity (Wildman–Crippen MR) is 176 cm³/mol. The number of alkyl halides is 9. The first kappa shape index (κ1) is 40.8. The van der Waals surface area contributed by atoms with Gasteiger partial charge < -0.3 is 14.2 Å². The van der Waals surface area contributed by atoms with Crippen molar-refractivity contribution >= 4 is 21.6 Å². The van der Waals surface area contributed by atoms with Crippen molar-refractivity contribution in [3.05, 3.63) is 29.3 Å². The Bertz CT molecular complexity index is 1140. The molecule has 0 heterocycles. The summed E-state index contributed by atoms with van der Waals surface area (Å²) < 4.78 is 134. The summed E-state index contributed by atoms with van der Waals surface area (Å²) in [4.78, 5) is 0. The van der Waals surface area contributed by atoms with Gasteiger partial charge in [-0.2, -0.15) is 39.5 Å². The molecule has 0 aromatic heterocycles. The van der Waals surface area contributed by atoms with E-state index in [9.17, 15) is 39.5 Å². The maximum absolute atomic E-state index is 13.1. The van der Waals surface area contributed by atoms with Crippen molar-refractivity contribution in [1.82, 2.24) is 0 Å². The third kappa shape index (κ3) is 9.33. The smallest absolute Gasteiger partial charge is 0.435 e. The minimum Gasteiger partial charge on any atom is -0.493 e. The lowest BCUT2D eigenvalue weighted by atomic mass is 9.55. The molecule has 1 aromatic rings. The van der Waals surface area contributed by atoms with Crippen LogP contribution in [0.3, 0.4) is 0 Å². The Labute approximate surface area is 291 Å². The van der Waals surface area contributed by atoms with Crippen molar-refractivity contribution in [3.8, 4) is 5.75 Å². The summed E-state index contributed by atoms with van der Waals surface area (Å²) in [5.74, 6) is 4.11. The maximum atomic E-state index is 13.1. The van der Waals surface area contributed by atoms with Gasteiger partial charge in [-0.15, -0.1) is 0 Å². The van der Waals surface area contributed by atoms with Gasteiger partial charge in [0, 0.05) is 18.1 Å². The average Bonchev–Trinajstić information content (AvgIpc) is 3.35. The number of halogens is 9. The zero-order valence-corrected chi connectivity index (χ0v) is 29.8. The predicted octanol–water partition coefficient (Wildman–Crippen LogP) is 11.9. The number of rotatable bonds is 18. The summed E-state index contributed by atoms with van der Waals surface area (Å²) in [6.07, 6.45) is -7.95. The molecule has 5 unspecified atom stereocenters. The maximum Gasteiger partial charge on any atom is 0.435 e. The highest BCUT2D eigenvalue weighted by Gasteiger charge is 2.85. The van der Waals surface area contributed by atoms with E-state index < -0.39 is 37.2 Å². The zero-order valence-electron chi connectivity index (χ0n) is 28.2. The van der Waals surface area contributed by atoms with Crippen LogP contribution in [0.15, 0.2) is 18.2 Å². The molecule has 282 valence electrons. The number of fused-ring (bicyclic) bond motifs is 5. The van der Waals surface area contributed by atoms with Crippen molar-refractivity contribution < 1.29 is 53.7 Å². The van der Waals surface area contributed by atoms with Gasteiger partial charge in [0.25, 0.3) is 0 Å². The number of ether oxygens (including phenoxy) is 3. The Morgan fingerprint density at radius 3 is 2.12 bits per heavy atom. The van der Waals surface area contributed by atoms with E-state index in [1.54, 1.807) is 0 Å². The van der Waals surface area contributed by atoms with Crippen LogP contribution in [0.25, 0.3) is 0 Å². The Morgan fingerprint density at radius 1 is 0.755 bits per heavy atom. The number of hydrogen-bond donors (Lipinski definition) is 0. The average molecular weight is 753 g/mol. The Balaban J connectivity index is 1.22. The van der Waals surface area contributed by atoms with Crippen molar-refractivity contribution in [2.24, 2.45) is 17.3 Å². The lowest BCUT2D eigenvalue weighted by Crippen LogP contribution is -2.67. The zero-order chi connectivity index (χ0) is 35.9. The van der Waals surface area contributed by atoms with E-state index in [0.29, 0.717) is 30.8 Å². The van der Waals surface area contributed by atoms with Gasteiger partial charge in [-0.05, 0) is 97.8 Å². The minimum absolute atomic E-state index is 0.235. The molecule has 49 heavy (non-hydrogen) atoms. The quantitative estimate of drug-likeness (QED) is 0.0846. The van der Waals surface area contributed by atoms with Crippen LogP contribution in [0.2, 0.25) is 0 Å². The molecule has 0 saturated heterocycles. The van der Waals surface area contributed by atoms with Crippen LogP contribution in [0.1, 0.15) is 108 Å². The van der Waals surface area contributed by atoms with Gasteiger partial charge in [-0.3, -0.25) is 0 Å². The molecular formula is C35H49F9O3S2. The topological polar surface area (TPSA) is 27.7 Å². The molecule has 3 aliphatic carbocycles. The Hall–Kier alpha value is -0.990. The van der Waals surface area contributed by atoms with Crippen LogP contribution in [-0.2, 0) is 15.9 Å². The second kappa shape index (κ2) is 17.2. The first-order chi connectivity index (χ1) is 23.1. The molecule has 0 spiro atoms. The van der Waals surface area contributed by atoms with Crippen molar-refractivity contribution in [2.75, 3.05) is 31.3 Å². The third-order valence-corrected chi connectivity index (χ3v) is 13.3. The van der Waals surface area contributed by atoms with Crippen LogP contribution < -0.4 is 4.74 Å². The fourth-order valence-electron chi connectivity index (χ4n) is 8.36. The third-order valence-electron chi connectivity index (χ3n) is 10.8. The molecule has 5 atom stereocenters. The van der Waals surface area contributed by atoms with Crippen LogP contribution in [0.5, 0.6) is 5.75 Å². The fourth-order valence-corrected chi connectivity index (χ4v) is 10.3. The van der Waals surface area contributed by atoms with Crippen molar-refractivity contribution in [3.63, 3.8) is 0 Å². The van der Waals surface area contributed by atoms with E-state index in [1.165, 1.54) is 55.4 Å². The molecule has 0 radical (unpaired) electrons. The highest BCUT2D eigenvalue weighted by Crippen LogP contribution is 2.62. The van der Waals surface area contributed by atoms with Crippen molar-refractivity contribution in [1.29, 1.82) is 0 Å². The molecule has 0 amide bonds. The van der Waals surface area contributed by atoms with Crippen LogP contribution in [-0.4, -0.2) is 61.6 Å². The fraction of sp³-hybridized carbons (Fsp3) is 0.829. The first-order valence-electron chi connectivity index (χ1n) is 17.5. The van der Waals surface area contributed by atoms with Gasteiger partial charge in [0.05, 0.1) is 19.3 Å². The highest BCUT2D eigenvalue weighted by molar-refractivity contribution is 8.76. The summed E-state index contributed by atoms with van der Waals surface area (Å²) in [6.45, 7) is 3.30. The summed E-state index contributed by atoms with van der Waals surface area (Å²) in [5.41, 5.74) is -3.82. The SMILES string of the molecule is CCCCCCCCSSCCOc1ccc2c(c1)CCC1C2CCC2(C)C(OCCCOC(C(F)(F)F)(C(F)(F)F)C(F)(F)F)CCC12. The van der Waals surface area contributed by atoms with Gasteiger partial charge >= 0.3 is 24.1 Å². The van der Waals surface area contributed by atoms with Crippen LogP contribution >= 0.6 is 21.6 Å². The minimum atomic E-state index is -6.73. The molecule has 3 nitrogen and oxygen atoms in total. The lowest BCUT2D eigenvalue weighted by Gasteiger charge is -2.50. The number of hydrogen-bond acceptors (Lipinski definition) is 5. The summed E-state index contributed by atoms with van der Waals surface area (Å²) in [7, 11) is 3.77. The van der Waals surface area contributed by atoms with Crippen LogP contribution in [0.4, 0.5) is 39.5 Å². The van der Waals surface area contributed by atoms with E-state index in [-0.39, 0.29) is 18.1 Å². The monoisotopic (exact) mass is 752 g/mol. The second-order valence-electron chi connectivity index (χ2n) is 13.9. The molecule has 4 rings (SSSR count). The number of aryl methyl sites for hydroxylation is 1. The number of unbranched alkanes of at least 4 members (excludes halogenated alkanes) is 5. The number of benzene rings is 1. The Morgan fingerprint density at radius 2 is 1.43 bits per heavy atom. The van der Waals surface area contributed by atoms with Crippen molar-refractivity contribution in [2.45, 2.75) is 133 Å². The van der Waals surface area contributed by atoms with Gasteiger partial charge in [0.2, 0.25) is 0 Å². The molecule has 3 aliphatic rings. The normalized spacial score (nSPS) is 25.9. The molecular weight excluding hydrogens is 703 g/mol. The highest BCUT2D eigenvalue weighted by atomic mass is 33.1. The van der Waals surface area contributed by atoms with Crippen LogP contribution in [0, 0.1) is 17.3 Å². The van der Waals surface area contributed by atoms with E-state index in [4.69, 9.17) is 9.47 Å². The van der Waals surface area contributed by atoms with E-state index >= 15 is 0 Å². The first-order valence-corrected chi connectivity index (χ1v) is 20.0. The standard InChI is InChI=1S/C35H49F9O3S2/c1-3-4-5-6-7-8-21-48-49-22-20-45-25-11-13-26-24(23-25)10-12-28-27(26)16-17-31(2)29(28)14-15-30(31)46-18-9-19-47-32(33(36,37)38,34(39,40)41)35(42,43)44/h11,13,23,27-30H,3-10,12,14-22H2,1-2H3. The molecule has 0 aliphatic heterocycles. The van der Waals surface area contributed by atoms with Gasteiger partial charge in [-0.25, -0.2) is 0 Å². The molecule has 0 bridgehead atoms.